The molecule has 0 fully saturated rings. The standard InChI is InChI=1S/C30H36FN3O4S/c1-23(2)32-30(36)28(21-24-13-6-4-7-14-24)33(22-25-15-8-5-9-16-25)29(35)19-12-20-34(39(3,37)38)27-18-11-10-17-26(27)31/h4-11,13-18,23,28H,12,19-22H2,1-3H3,(H,32,36). The summed E-state index contributed by atoms with van der Waals surface area (Å²) in [7, 11) is -3.79. The van der Waals surface area contributed by atoms with Crippen molar-refractivity contribution in [1.82, 2.24) is 10.2 Å². The molecule has 3 aromatic carbocycles. The highest BCUT2D eigenvalue weighted by molar-refractivity contribution is 7.92. The lowest BCUT2D eigenvalue weighted by atomic mass is 10.0. The molecule has 7 nitrogen and oxygen atoms in total. The molecule has 2 amide bonds. The van der Waals surface area contributed by atoms with E-state index in [0.717, 1.165) is 21.7 Å². The van der Waals surface area contributed by atoms with Crippen molar-refractivity contribution in [2.75, 3.05) is 17.1 Å². The van der Waals surface area contributed by atoms with Crippen LogP contribution in [0.15, 0.2) is 84.9 Å². The zero-order valence-electron chi connectivity index (χ0n) is 22.6. The Bertz CT molecular complexity index is 1330. The minimum absolute atomic E-state index is 0.0203. The fourth-order valence-electron chi connectivity index (χ4n) is 4.35. The van der Waals surface area contributed by atoms with Gasteiger partial charge in [-0.2, -0.15) is 0 Å². The minimum atomic E-state index is -3.79. The van der Waals surface area contributed by atoms with Gasteiger partial charge in [-0.3, -0.25) is 13.9 Å². The van der Waals surface area contributed by atoms with Crippen LogP contribution in [0.1, 0.15) is 37.8 Å². The van der Waals surface area contributed by atoms with Crippen molar-refractivity contribution in [3.05, 3.63) is 102 Å². The summed E-state index contributed by atoms with van der Waals surface area (Å²) in [4.78, 5) is 28.7. The van der Waals surface area contributed by atoms with Crippen molar-refractivity contribution < 1.29 is 22.4 Å². The van der Waals surface area contributed by atoms with E-state index < -0.39 is 21.9 Å². The largest absolute Gasteiger partial charge is 0.352 e. The van der Waals surface area contributed by atoms with E-state index in [9.17, 15) is 22.4 Å². The molecule has 0 aliphatic heterocycles. The Morgan fingerprint density at radius 2 is 1.44 bits per heavy atom. The molecule has 0 heterocycles. The van der Waals surface area contributed by atoms with Gasteiger partial charge in [-0.15, -0.1) is 0 Å². The van der Waals surface area contributed by atoms with Crippen LogP contribution in [0.25, 0.3) is 0 Å². The summed E-state index contributed by atoms with van der Waals surface area (Å²) in [6, 6.07) is 23.6. The third-order valence-corrected chi connectivity index (χ3v) is 7.35. The van der Waals surface area contributed by atoms with Gasteiger partial charge < -0.3 is 10.2 Å². The Labute approximate surface area is 230 Å². The molecule has 3 rings (SSSR count). The number of nitrogens with one attached hydrogen (secondary N) is 1. The fraction of sp³-hybridized carbons (Fsp3) is 0.333. The van der Waals surface area contributed by atoms with Gasteiger partial charge in [0.1, 0.15) is 11.9 Å². The van der Waals surface area contributed by atoms with Gasteiger partial charge in [0.05, 0.1) is 11.9 Å². The molecule has 9 heteroatoms. The smallest absolute Gasteiger partial charge is 0.243 e. The van der Waals surface area contributed by atoms with Crippen LogP contribution in [0.4, 0.5) is 10.1 Å². The first-order valence-corrected chi connectivity index (χ1v) is 14.8. The van der Waals surface area contributed by atoms with E-state index in [0.29, 0.717) is 6.42 Å². The normalized spacial score (nSPS) is 12.1. The predicted octanol–water partition coefficient (Wildman–Crippen LogP) is 4.54. The number of amides is 2. The number of para-hydroxylation sites is 1. The molecule has 39 heavy (non-hydrogen) atoms. The number of sulfonamides is 1. The highest BCUT2D eigenvalue weighted by atomic mass is 32.2. The van der Waals surface area contributed by atoms with Crippen LogP contribution < -0.4 is 9.62 Å². The maximum absolute atomic E-state index is 14.4. The van der Waals surface area contributed by atoms with Gasteiger partial charge >= 0.3 is 0 Å². The van der Waals surface area contributed by atoms with Crippen LogP contribution >= 0.6 is 0 Å². The molecule has 208 valence electrons. The van der Waals surface area contributed by atoms with Crippen molar-refractivity contribution in [2.24, 2.45) is 0 Å². The molecule has 0 radical (unpaired) electrons. The lowest BCUT2D eigenvalue weighted by molar-refractivity contribution is -0.141. The molecule has 0 saturated carbocycles. The zero-order valence-corrected chi connectivity index (χ0v) is 23.4. The number of nitrogens with zero attached hydrogens (tertiary/aromatic N) is 2. The van der Waals surface area contributed by atoms with Crippen molar-refractivity contribution in [3.63, 3.8) is 0 Å². The number of carbonyl (C=O) groups is 2. The Hall–Kier alpha value is -3.72. The third kappa shape index (κ3) is 8.92. The Kier molecular flexibility index (Phi) is 10.6. The molecule has 0 aromatic heterocycles. The van der Waals surface area contributed by atoms with Gasteiger partial charge in [-0.1, -0.05) is 72.8 Å². The van der Waals surface area contributed by atoms with Crippen LogP contribution in [-0.2, 0) is 32.6 Å². The lowest BCUT2D eigenvalue weighted by Gasteiger charge is -2.32. The van der Waals surface area contributed by atoms with Crippen LogP contribution in [0, 0.1) is 5.82 Å². The summed E-state index contributed by atoms with van der Waals surface area (Å²) < 4.78 is 40.3. The summed E-state index contributed by atoms with van der Waals surface area (Å²) in [6.45, 7) is 3.87. The maximum Gasteiger partial charge on any atom is 0.243 e. The van der Waals surface area contributed by atoms with Gasteiger partial charge in [0, 0.05) is 32.0 Å². The average molecular weight is 554 g/mol. The van der Waals surface area contributed by atoms with E-state index in [2.05, 4.69) is 5.32 Å². The van der Waals surface area contributed by atoms with Crippen LogP contribution in [-0.4, -0.2) is 50.0 Å². The fourth-order valence-corrected chi connectivity index (χ4v) is 5.32. The van der Waals surface area contributed by atoms with Crippen LogP contribution in [0.2, 0.25) is 0 Å². The number of hydrogen-bond donors (Lipinski definition) is 1. The lowest BCUT2D eigenvalue weighted by Crippen LogP contribution is -2.51. The number of hydrogen-bond acceptors (Lipinski definition) is 4. The van der Waals surface area contributed by atoms with E-state index in [1.165, 1.54) is 18.2 Å². The first kappa shape index (κ1) is 29.8. The van der Waals surface area contributed by atoms with Crippen LogP contribution in [0.3, 0.4) is 0 Å². The van der Waals surface area contributed by atoms with E-state index in [1.807, 2.05) is 74.5 Å². The molecule has 1 N–H and O–H groups in total. The van der Waals surface area contributed by atoms with Gasteiger partial charge in [0.25, 0.3) is 0 Å². The molecule has 0 saturated heterocycles. The second-order valence-electron chi connectivity index (χ2n) is 9.77. The van der Waals surface area contributed by atoms with Gasteiger partial charge in [-0.05, 0) is 43.5 Å². The Balaban J connectivity index is 1.86. The van der Waals surface area contributed by atoms with Crippen molar-refractivity contribution in [2.45, 2.75) is 51.7 Å². The van der Waals surface area contributed by atoms with E-state index >= 15 is 0 Å². The summed E-state index contributed by atoms with van der Waals surface area (Å²) in [6.07, 6.45) is 1.46. The highest BCUT2D eigenvalue weighted by Crippen LogP contribution is 2.23. The molecule has 0 bridgehead atoms. The van der Waals surface area contributed by atoms with Gasteiger partial charge in [0.2, 0.25) is 21.8 Å². The minimum Gasteiger partial charge on any atom is -0.352 e. The van der Waals surface area contributed by atoms with Gasteiger partial charge in [-0.25, -0.2) is 12.8 Å². The number of halogens is 1. The second kappa shape index (κ2) is 13.9. The predicted molar refractivity (Wildman–Crippen MR) is 152 cm³/mol. The first-order chi connectivity index (χ1) is 18.6. The average Bonchev–Trinajstić information content (AvgIpc) is 2.89. The van der Waals surface area contributed by atoms with E-state index in [4.69, 9.17) is 0 Å². The topological polar surface area (TPSA) is 86.8 Å². The number of benzene rings is 3. The summed E-state index contributed by atoms with van der Waals surface area (Å²) in [5.74, 6) is -1.21. The first-order valence-electron chi connectivity index (χ1n) is 13.0. The van der Waals surface area contributed by atoms with Crippen LogP contribution in [0.5, 0.6) is 0 Å². The molecular weight excluding hydrogens is 517 g/mol. The van der Waals surface area contributed by atoms with Crippen molar-refractivity contribution in [1.29, 1.82) is 0 Å². The molecule has 0 spiro atoms. The molecular formula is C30H36FN3O4S. The summed E-state index contributed by atoms with van der Waals surface area (Å²) >= 11 is 0. The summed E-state index contributed by atoms with van der Waals surface area (Å²) in [5.41, 5.74) is 1.72. The second-order valence-corrected chi connectivity index (χ2v) is 11.7. The number of carbonyl (C=O) groups excluding carboxylic acids is 2. The third-order valence-electron chi connectivity index (χ3n) is 6.17. The quantitative estimate of drug-likeness (QED) is 0.337. The Morgan fingerprint density at radius 3 is 2.00 bits per heavy atom. The monoisotopic (exact) mass is 553 g/mol. The molecule has 1 atom stereocenters. The van der Waals surface area contributed by atoms with Gasteiger partial charge in [0.15, 0.2) is 0 Å². The maximum atomic E-state index is 14.4. The molecule has 0 aliphatic carbocycles. The van der Waals surface area contributed by atoms with E-state index in [-0.39, 0.29) is 49.5 Å². The summed E-state index contributed by atoms with van der Waals surface area (Å²) in [5, 5.41) is 2.94. The highest BCUT2D eigenvalue weighted by Gasteiger charge is 2.31. The zero-order chi connectivity index (χ0) is 28.4. The number of rotatable bonds is 13. The molecule has 1 unspecified atom stereocenters. The Morgan fingerprint density at radius 1 is 0.872 bits per heavy atom. The number of anilines is 1. The SMILES string of the molecule is CC(C)NC(=O)C(Cc1ccccc1)N(Cc1ccccc1)C(=O)CCCN(c1ccccc1F)S(C)(=O)=O. The molecule has 3 aromatic rings. The van der Waals surface area contributed by atoms with Crippen molar-refractivity contribution in [3.8, 4) is 0 Å². The molecule has 0 aliphatic rings. The van der Waals surface area contributed by atoms with E-state index in [1.54, 1.807) is 11.0 Å². The van der Waals surface area contributed by atoms with Crippen molar-refractivity contribution >= 4 is 27.5 Å².